The number of hydrogen-bond acceptors (Lipinski definition) is 3. The Balaban J connectivity index is 0.000000810. The highest BCUT2D eigenvalue weighted by molar-refractivity contribution is 5.73. The molecule has 0 aromatic carbocycles. The summed E-state index contributed by atoms with van der Waals surface area (Å²) in [5.41, 5.74) is 0. The lowest BCUT2D eigenvalue weighted by Crippen LogP contribution is -2.32. The summed E-state index contributed by atoms with van der Waals surface area (Å²) in [4.78, 5) is 10.2. The second-order valence-electron chi connectivity index (χ2n) is 2.16. The van der Waals surface area contributed by atoms with Gasteiger partial charge >= 0.3 is 5.97 Å². The lowest BCUT2D eigenvalue weighted by molar-refractivity contribution is -0.160. The Morgan fingerprint density at radius 1 is 1.60 bits per heavy atom. The van der Waals surface area contributed by atoms with Crippen molar-refractivity contribution < 1.29 is 20.6 Å². The lowest BCUT2D eigenvalue weighted by atomic mass is 10.2. The van der Waals surface area contributed by atoms with Crippen LogP contribution in [0.15, 0.2) is 0 Å². The number of rotatable bonds is 1. The molecule has 0 unspecified atom stereocenters. The fraction of sp³-hybridized carbons (Fsp3) is 0.800. The molecule has 0 saturated carbocycles. The smallest absolute Gasteiger partial charge is 0.323 e. The number of nitrogens with zero attached hydrogens (tertiary/aromatic N) is 1. The number of hydroxylamine groups is 2. The molecule has 0 radical (unpaired) electrons. The summed E-state index contributed by atoms with van der Waals surface area (Å²) in [6.07, 6.45) is 1.33. The van der Waals surface area contributed by atoms with Gasteiger partial charge in [0.05, 0.1) is 0 Å². The van der Waals surface area contributed by atoms with Crippen molar-refractivity contribution in [3.8, 4) is 0 Å². The molecular formula is C5H11NO4. The third-order valence-corrected chi connectivity index (χ3v) is 1.51. The minimum atomic E-state index is -0.935. The van der Waals surface area contributed by atoms with Crippen molar-refractivity contribution in [2.24, 2.45) is 0 Å². The van der Waals surface area contributed by atoms with Crippen LogP contribution in [0.25, 0.3) is 0 Å². The second kappa shape index (κ2) is 3.50. The Bertz CT molecular complexity index is 127. The van der Waals surface area contributed by atoms with Gasteiger partial charge in [-0.1, -0.05) is 0 Å². The van der Waals surface area contributed by atoms with E-state index in [1.165, 1.54) is 0 Å². The lowest BCUT2D eigenvalue weighted by Gasteiger charge is -2.11. The van der Waals surface area contributed by atoms with Crippen LogP contribution in [0.3, 0.4) is 0 Å². The van der Waals surface area contributed by atoms with Crippen molar-refractivity contribution in [2.75, 3.05) is 6.54 Å². The van der Waals surface area contributed by atoms with Crippen molar-refractivity contribution in [1.82, 2.24) is 5.06 Å². The largest absolute Gasteiger partial charge is 0.480 e. The van der Waals surface area contributed by atoms with Crippen molar-refractivity contribution in [3.05, 3.63) is 0 Å². The first-order chi connectivity index (χ1) is 4.22. The van der Waals surface area contributed by atoms with Crippen molar-refractivity contribution in [2.45, 2.75) is 18.9 Å². The average Bonchev–Trinajstić information content (AvgIpc) is 2.13. The van der Waals surface area contributed by atoms with Gasteiger partial charge in [0, 0.05) is 6.54 Å². The van der Waals surface area contributed by atoms with Crippen LogP contribution >= 0.6 is 0 Å². The van der Waals surface area contributed by atoms with E-state index in [1.807, 2.05) is 0 Å². The van der Waals surface area contributed by atoms with Crippen LogP contribution in [0.4, 0.5) is 0 Å². The van der Waals surface area contributed by atoms with Gasteiger partial charge < -0.3 is 15.8 Å². The van der Waals surface area contributed by atoms with E-state index >= 15 is 0 Å². The Kier molecular flexibility index (Phi) is 3.27. The molecule has 4 N–H and O–H groups in total. The highest BCUT2D eigenvalue weighted by Crippen LogP contribution is 2.13. The van der Waals surface area contributed by atoms with Gasteiger partial charge in [-0.2, -0.15) is 5.06 Å². The maximum atomic E-state index is 10.2. The minimum Gasteiger partial charge on any atom is -0.480 e. The summed E-state index contributed by atoms with van der Waals surface area (Å²) < 4.78 is 0. The predicted molar refractivity (Wildman–Crippen MR) is 32.8 cm³/mol. The maximum Gasteiger partial charge on any atom is 0.323 e. The van der Waals surface area contributed by atoms with Crippen LogP contribution in [-0.4, -0.2) is 39.4 Å². The fourth-order valence-electron chi connectivity index (χ4n) is 1.00. The van der Waals surface area contributed by atoms with E-state index in [1.54, 1.807) is 0 Å². The highest BCUT2D eigenvalue weighted by Gasteiger charge is 2.28. The molecule has 1 rings (SSSR count). The second-order valence-corrected chi connectivity index (χ2v) is 2.16. The molecule has 1 atom stereocenters. The molecular weight excluding hydrogens is 138 g/mol. The minimum absolute atomic E-state index is 0. The first-order valence-electron chi connectivity index (χ1n) is 2.90. The van der Waals surface area contributed by atoms with Gasteiger partial charge in [0.25, 0.3) is 0 Å². The molecule has 1 saturated heterocycles. The van der Waals surface area contributed by atoms with Gasteiger partial charge in [0.1, 0.15) is 6.04 Å². The van der Waals surface area contributed by atoms with Gasteiger partial charge in [0.15, 0.2) is 0 Å². The molecule has 0 spiro atoms. The van der Waals surface area contributed by atoms with E-state index in [0.29, 0.717) is 13.0 Å². The molecule has 5 nitrogen and oxygen atoms in total. The third-order valence-electron chi connectivity index (χ3n) is 1.51. The zero-order valence-electron chi connectivity index (χ0n) is 5.45. The summed E-state index contributed by atoms with van der Waals surface area (Å²) >= 11 is 0. The van der Waals surface area contributed by atoms with Crippen LogP contribution in [-0.2, 0) is 4.79 Å². The number of aliphatic carboxylic acids is 1. The molecule has 0 bridgehead atoms. The van der Waals surface area contributed by atoms with Crippen LogP contribution < -0.4 is 0 Å². The first-order valence-corrected chi connectivity index (χ1v) is 2.90. The Labute approximate surface area is 58.1 Å². The Morgan fingerprint density at radius 3 is 2.40 bits per heavy atom. The molecule has 5 heteroatoms. The molecule has 0 amide bonds. The van der Waals surface area contributed by atoms with Crippen molar-refractivity contribution in [1.29, 1.82) is 0 Å². The summed E-state index contributed by atoms with van der Waals surface area (Å²) in [5, 5.41) is 18.1. The summed E-state index contributed by atoms with van der Waals surface area (Å²) in [6, 6.07) is -0.662. The van der Waals surface area contributed by atoms with E-state index in [-0.39, 0.29) is 5.48 Å². The maximum absolute atomic E-state index is 10.2. The van der Waals surface area contributed by atoms with Gasteiger partial charge in [-0.05, 0) is 12.8 Å². The molecule has 0 aliphatic carbocycles. The zero-order chi connectivity index (χ0) is 6.85. The number of carbonyl (C=O) groups is 1. The number of carboxylic acid groups (broad SMARTS) is 1. The van der Waals surface area contributed by atoms with Crippen LogP contribution in [0.5, 0.6) is 0 Å². The molecule has 0 aromatic heterocycles. The standard InChI is InChI=1S/C5H9NO3.H2O/c7-5(8)4-2-1-3-6(4)9;/h4,9H,1-3H2,(H,7,8);1H2/t4-;/m0./s1. The van der Waals surface area contributed by atoms with E-state index < -0.39 is 12.0 Å². The van der Waals surface area contributed by atoms with Crippen LogP contribution in [0.2, 0.25) is 0 Å². The highest BCUT2D eigenvalue weighted by atomic mass is 16.5. The predicted octanol–water partition coefficient (Wildman–Crippen LogP) is -0.900. The quantitative estimate of drug-likeness (QED) is 0.505. The number of hydrogen-bond donors (Lipinski definition) is 2. The van der Waals surface area contributed by atoms with Crippen molar-refractivity contribution >= 4 is 5.97 Å². The van der Waals surface area contributed by atoms with E-state index in [2.05, 4.69) is 0 Å². The molecule has 0 aromatic rings. The topological polar surface area (TPSA) is 92.3 Å². The first kappa shape index (κ1) is 9.35. The number of carboxylic acids is 1. The molecule has 10 heavy (non-hydrogen) atoms. The van der Waals surface area contributed by atoms with Crippen LogP contribution in [0.1, 0.15) is 12.8 Å². The normalized spacial score (nSPS) is 25.9. The Hall–Kier alpha value is -0.650. The molecule has 1 aliphatic rings. The van der Waals surface area contributed by atoms with Gasteiger partial charge in [0.2, 0.25) is 0 Å². The van der Waals surface area contributed by atoms with Gasteiger partial charge in [-0.15, -0.1) is 0 Å². The van der Waals surface area contributed by atoms with E-state index in [0.717, 1.165) is 11.5 Å². The Morgan fingerprint density at radius 2 is 2.20 bits per heavy atom. The average molecular weight is 149 g/mol. The van der Waals surface area contributed by atoms with Gasteiger partial charge in [-0.3, -0.25) is 4.79 Å². The fourth-order valence-corrected chi connectivity index (χ4v) is 1.00. The third kappa shape index (κ3) is 1.66. The zero-order valence-corrected chi connectivity index (χ0v) is 5.45. The van der Waals surface area contributed by atoms with Gasteiger partial charge in [-0.25, -0.2) is 0 Å². The monoisotopic (exact) mass is 149 g/mol. The summed E-state index contributed by atoms with van der Waals surface area (Å²) in [5.74, 6) is -0.935. The molecule has 1 aliphatic heterocycles. The van der Waals surface area contributed by atoms with Crippen molar-refractivity contribution in [3.63, 3.8) is 0 Å². The molecule has 1 fully saturated rings. The van der Waals surface area contributed by atoms with Crippen LogP contribution in [0, 0.1) is 0 Å². The molecule has 60 valence electrons. The van der Waals surface area contributed by atoms with E-state index in [9.17, 15) is 4.79 Å². The SMILES string of the molecule is O.O=C(O)[C@@H]1CCCN1O. The molecule has 1 heterocycles. The van der Waals surface area contributed by atoms with E-state index in [4.69, 9.17) is 10.3 Å². The summed E-state index contributed by atoms with van der Waals surface area (Å²) in [7, 11) is 0. The summed E-state index contributed by atoms with van der Waals surface area (Å²) in [6.45, 7) is 0.483.